The maximum absolute atomic E-state index is 14.7. The van der Waals surface area contributed by atoms with Gasteiger partial charge in [-0.15, -0.1) is 0 Å². The number of halogens is 3. The van der Waals surface area contributed by atoms with Gasteiger partial charge in [0.2, 0.25) is 11.7 Å². The first-order valence-electron chi connectivity index (χ1n) is 18.4. The van der Waals surface area contributed by atoms with E-state index in [1.54, 1.807) is 4.90 Å². The molecule has 2 fully saturated rings. The number of aliphatic hydroxyl groups is 1. The predicted molar refractivity (Wildman–Crippen MR) is 194 cm³/mol. The van der Waals surface area contributed by atoms with Crippen molar-refractivity contribution in [1.29, 1.82) is 0 Å². The molecule has 2 heterocycles. The van der Waals surface area contributed by atoms with Crippen LogP contribution in [0.3, 0.4) is 0 Å². The number of hydrogen-bond donors (Lipinski definition) is 3. The summed E-state index contributed by atoms with van der Waals surface area (Å²) >= 11 is 0. The Labute approximate surface area is 312 Å². The molecule has 0 radical (unpaired) electrons. The van der Waals surface area contributed by atoms with Crippen molar-refractivity contribution in [2.24, 2.45) is 0 Å². The molecule has 3 atom stereocenters. The van der Waals surface area contributed by atoms with Crippen LogP contribution in [-0.2, 0) is 20.8 Å². The van der Waals surface area contributed by atoms with Gasteiger partial charge in [-0.25, -0.2) is 8.78 Å². The highest BCUT2D eigenvalue weighted by Gasteiger charge is 2.43. The maximum Gasteiger partial charge on any atom is 0.305 e. The standard InChI is InChI=1S/C41H46F3N3O7/c1-24-5-12-31(18-25(24)2)53-17-15-47(29-10-11-29)41(52)38-32(19-28-22-46(23-35(38)45-28)36(49)20-30(48)21-37(50)51)27-8-6-26(7-9-27)4-3-16-54-40-34(43)14-13-33(42)39(40)44/h5-9,12-14,18,28-30,35,45,48H,3-4,10-11,15-17,19-23H2,1-2H3,(H,50,51)/t28-,30+,35-/m1/s1. The highest BCUT2D eigenvalue weighted by atomic mass is 19.2. The molecule has 288 valence electrons. The van der Waals surface area contributed by atoms with E-state index in [2.05, 4.69) is 5.32 Å². The number of benzene rings is 3. The molecular formula is C41H46F3N3O7. The zero-order valence-electron chi connectivity index (χ0n) is 30.5. The monoisotopic (exact) mass is 749 g/mol. The molecule has 0 unspecified atom stereocenters. The zero-order valence-corrected chi connectivity index (χ0v) is 30.5. The van der Waals surface area contributed by atoms with E-state index in [9.17, 15) is 32.7 Å². The fraction of sp³-hybridized carbons (Fsp3) is 0.439. The molecule has 0 spiro atoms. The number of hydrogen-bond acceptors (Lipinski definition) is 7. The van der Waals surface area contributed by atoms with Gasteiger partial charge in [-0.1, -0.05) is 30.3 Å². The van der Waals surface area contributed by atoms with Gasteiger partial charge in [0.25, 0.3) is 5.91 Å². The lowest BCUT2D eigenvalue weighted by Gasteiger charge is -2.45. The van der Waals surface area contributed by atoms with Crippen LogP contribution >= 0.6 is 0 Å². The van der Waals surface area contributed by atoms with Crippen LogP contribution in [0.1, 0.15) is 60.8 Å². The Morgan fingerprint density at radius 3 is 2.37 bits per heavy atom. The van der Waals surface area contributed by atoms with Crippen molar-refractivity contribution in [3.8, 4) is 11.5 Å². The topological polar surface area (TPSA) is 129 Å². The summed E-state index contributed by atoms with van der Waals surface area (Å²) in [5.41, 5.74) is 5.50. The summed E-state index contributed by atoms with van der Waals surface area (Å²) in [5.74, 6) is -5.21. The molecule has 2 bridgehead atoms. The van der Waals surface area contributed by atoms with Gasteiger partial charge < -0.3 is 34.8 Å². The van der Waals surface area contributed by atoms with E-state index in [0.29, 0.717) is 50.6 Å². The molecule has 3 N–H and O–H groups in total. The van der Waals surface area contributed by atoms with Gasteiger partial charge in [0, 0.05) is 30.7 Å². The van der Waals surface area contributed by atoms with Crippen molar-refractivity contribution in [2.45, 2.75) is 83.0 Å². The Kier molecular flexibility index (Phi) is 12.3. The number of aliphatic hydroxyl groups excluding tert-OH is 1. The number of carbonyl (C=O) groups is 3. The molecule has 1 saturated heterocycles. The third-order valence-corrected chi connectivity index (χ3v) is 10.3. The van der Waals surface area contributed by atoms with Crippen molar-refractivity contribution in [3.63, 3.8) is 0 Å². The highest BCUT2D eigenvalue weighted by molar-refractivity contribution is 6.03. The van der Waals surface area contributed by atoms with E-state index in [1.807, 2.05) is 61.2 Å². The summed E-state index contributed by atoms with van der Waals surface area (Å²) in [5, 5.41) is 22.8. The van der Waals surface area contributed by atoms with Gasteiger partial charge in [0.15, 0.2) is 17.4 Å². The number of fused-ring (bicyclic) bond motifs is 2. The lowest BCUT2D eigenvalue weighted by Crippen LogP contribution is -2.62. The molecule has 1 saturated carbocycles. The molecule has 2 amide bonds. The van der Waals surface area contributed by atoms with Crippen LogP contribution in [0, 0.1) is 31.3 Å². The fourth-order valence-corrected chi connectivity index (χ4v) is 7.20. The summed E-state index contributed by atoms with van der Waals surface area (Å²) in [4.78, 5) is 42.5. The Bertz CT molecular complexity index is 1900. The number of nitrogens with one attached hydrogen (secondary N) is 1. The first-order valence-corrected chi connectivity index (χ1v) is 18.4. The van der Waals surface area contributed by atoms with Gasteiger partial charge >= 0.3 is 5.97 Å². The van der Waals surface area contributed by atoms with Crippen LogP contribution in [-0.4, -0.2) is 94.9 Å². The van der Waals surface area contributed by atoms with E-state index in [0.717, 1.165) is 52.5 Å². The average molecular weight is 750 g/mol. The van der Waals surface area contributed by atoms with Crippen LogP contribution in [0.4, 0.5) is 13.2 Å². The number of aliphatic carboxylic acids is 1. The van der Waals surface area contributed by atoms with E-state index < -0.39 is 47.7 Å². The molecule has 2 aliphatic heterocycles. The number of ether oxygens (including phenoxy) is 2. The van der Waals surface area contributed by atoms with Crippen LogP contribution in [0.2, 0.25) is 0 Å². The molecule has 3 aromatic carbocycles. The summed E-state index contributed by atoms with van der Waals surface area (Å²) in [6.45, 7) is 5.22. The number of nitrogens with zero attached hydrogens (tertiary/aromatic N) is 2. The first kappa shape index (κ1) is 38.8. The quantitative estimate of drug-likeness (QED) is 0.132. The minimum absolute atomic E-state index is 0.0231. The Balaban J connectivity index is 1.20. The van der Waals surface area contributed by atoms with Crippen molar-refractivity contribution in [1.82, 2.24) is 15.1 Å². The Morgan fingerprint density at radius 2 is 1.67 bits per heavy atom. The Hall–Kier alpha value is -4.88. The number of rotatable bonds is 16. The van der Waals surface area contributed by atoms with Gasteiger partial charge in [0.1, 0.15) is 12.4 Å². The zero-order chi connectivity index (χ0) is 38.5. The summed E-state index contributed by atoms with van der Waals surface area (Å²) < 4.78 is 52.8. The van der Waals surface area contributed by atoms with Gasteiger partial charge in [-0.3, -0.25) is 14.4 Å². The van der Waals surface area contributed by atoms with Crippen LogP contribution in [0.15, 0.2) is 60.2 Å². The van der Waals surface area contributed by atoms with Crippen LogP contribution in [0.25, 0.3) is 5.57 Å². The lowest BCUT2D eigenvalue weighted by atomic mass is 9.82. The van der Waals surface area contributed by atoms with Gasteiger partial charge in [-0.05, 0) is 98.0 Å². The molecular weight excluding hydrogens is 703 g/mol. The SMILES string of the molecule is Cc1ccc(OCCN(C(=O)C2=C(c3ccc(CCCOc4c(F)ccc(F)c4F)cc3)C[C@@H]3CN(C(=O)C[C@H](O)CC(=O)O)C[C@H]2N3)C2CC2)cc1C. The minimum atomic E-state index is -1.36. The molecule has 0 aromatic heterocycles. The van der Waals surface area contributed by atoms with Crippen LogP contribution < -0.4 is 14.8 Å². The number of carboxylic acid groups (broad SMARTS) is 1. The smallest absolute Gasteiger partial charge is 0.305 e. The second-order valence-electron chi connectivity index (χ2n) is 14.4. The number of aryl methyl sites for hydroxylation is 3. The van der Waals surface area contributed by atoms with Crippen molar-refractivity contribution in [3.05, 3.63) is 99.9 Å². The second kappa shape index (κ2) is 17.1. The molecule has 54 heavy (non-hydrogen) atoms. The first-order chi connectivity index (χ1) is 25.9. The largest absolute Gasteiger partial charge is 0.492 e. The van der Waals surface area contributed by atoms with Gasteiger partial charge in [0.05, 0.1) is 38.1 Å². The third-order valence-electron chi connectivity index (χ3n) is 10.3. The van der Waals surface area contributed by atoms with Crippen LogP contribution in [0.5, 0.6) is 11.5 Å². The molecule has 6 rings (SSSR count). The van der Waals surface area contributed by atoms with E-state index >= 15 is 0 Å². The minimum Gasteiger partial charge on any atom is -0.492 e. The summed E-state index contributed by atoms with van der Waals surface area (Å²) in [6.07, 6.45) is 0.977. The number of carbonyl (C=O) groups excluding carboxylic acids is 2. The molecule has 3 aromatic rings. The van der Waals surface area contributed by atoms with Crippen molar-refractivity contribution >= 4 is 23.4 Å². The molecule has 3 aliphatic rings. The van der Waals surface area contributed by atoms with Crippen molar-refractivity contribution < 1.29 is 47.2 Å². The molecule has 10 nitrogen and oxygen atoms in total. The molecule has 1 aliphatic carbocycles. The summed E-state index contributed by atoms with van der Waals surface area (Å²) in [6, 6.07) is 14.6. The summed E-state index contributed by atoms with van der Waals surface area (Å²) in [7, 11) is 0. The predicted octanol–water partition coefficient (Wildman–Crippen LogP) is 5.35. The van der Waals surface area contributed by atoms with Crippen molar-refractivity contribution in [2.75, 3.05) is 32.8 Å². The van der Waals surface area contributed by atoms with E-state index in [-0.39, 0.29) is 43.5 Å². The average Bonchev–Trinajstić information content (AvgIpc) is 3.98. The fourth-order valence-electron chi connectivity index (χ4n) is 7.20. The highest BCUT2D eigenvalue weighted by Crippen LogP contribution is 2.37. The normalized spacial score (nSPS) is 18.7. The second-order valence-corrected chi connectivity index (χ2v) is 14.4. The molecule has 13 heteroatoms. The third kappa shape index (κ3) is 9.43. The van der Waals surface area contributed by atoms with Gasteiger partial charge in [-0.2, -0.15) is 4.39 Å². The lowest BCUT2D eigenvalue weighted by molar-refractivity contribution is -0.141. The number of piperazine rings is 1. The number of amides is 2. The number of carboxylic acids is 1. The van der Waals surface area contributed by atoms with E-state index in [4.69, 9.17) is 14.6 Å². The Morgan fingerprint density at radius 1 is 0.926 bits per heavy atom. The maximum atomic E-state index is 14.7. The van der Waals surface area contributed by atoms with E-state index in [1.165, 1.54) is 0 Å².